The summed E-state index contributed by atoms with van der Waals surface area (Å²) >= 11 is 12.6. The van der Waals surface area contributed by atoms with Crippen LogP contribution in [0.1, 0.15) is 56.4 Å². The standard InChI is InChI=1S/C32H33Cl2FN2O6S/c1-19(2)27(18-36(44(41,42)24-14-15-24)26-9-4-3-8-25(26)35)37-30(20-10-12-22(33)13-11-20)31(21-6-5-7-23(34)16-21)43-28(32(37)40)17-29(38)39/h3-13,16,19,24,27-28,30-31H,14-15,17-18H2,1-2H3,(H,38,39)/t27-,28-,30-,31-/m1/s1. The Bertz CT molecular complexity index is 1630. The second-order valence-electron chi connectivity index (χ2n) is 11.5. The van der Waals surface area contributed by atoms with Gasteiger partial charge in [0.1, 0.15) is 18.0 Å². The number of hydrogen-bond donors (Lipinski definition) is 1. The lowest BCUT2D eigenvalue weighted by atomic mass is 9.88. The first-order valence-corrected chi connectivity index (χ1v) is 16.6. The number of sulfonamides is 1. The minimum atomic E-state index is -3.98. The number of carbonyl (C=O) groups is 2. The molecule has 0 radical (unpaired) electrons. The van der Waals surface area contributed by atoms with Crippen LogP contribution in [0.25, 0.3) is 0 Å². The smallest absolute Gasteiger partial charge is 0.306 e. The Morgan fingerprint density at radius 1 is 1.02 bits per heavy atom. The topological polar surface area (TPSA) is 104 Å². The van der Waals surface area contributed by atoms with Crippen LogP contribution in [0.3, 0.4) is 0 Å². The number of ether oxygens (including phenoxy) is 1. The van der Waals surface area contributed by atoms with Crippen molar-refractivity contribution in [2.75, 3.05) is 10.8 Å². The molecule has 1 aliphatic heterocycles. The van der Waals surface area contributed by atoms with E-state index in [0.717, 1.165) is 4.31 Å². The molecule has 2 fully saturated rings. The second-order valence-corrected chi connectivity index (χ2v) is 14.5. The van der Waals surface area contributed by atoms with Gasteiger partial charge in [-0.15, -0.1) is 0 Å². The van der Waals surface area contributed by atoms with Gasteiger partial charge in [0.25, 0.3) is 5.91 Å². The average Bonchev–Trinajstić information content (AvgIpc) is 3.82. The number of morpholine rings is 1. The third-order valence-electron chi connectivity index (χ3n) is 8.03. The van der Waals surface area contributed by atoms with E-state index >= 15 is 4.39 Å². The first kappa shape index (κ1) is 32.2. The summed E-state index contributed by atoms with van der Waals surface area (Å²) in [6, 6.07) is 17.7. The van der Waals surface area contributed by atoms with Crippen molar-refractivity contribution in [3.8, 4) is 0 Å². The minimum absolute atomic E-state index is 0.109. The summed E-state index contributed by atoms with van der Waals surface area (Å²) in [4.78, 5) is 27.8. The molecule has 0 spiro atoms. The molecule has 1 amide bonds. The van der Waals surface area contributed by atoms with Crippen LogP contribution in [-0.4, -0.2) is 54.2 Å². The van der Waals surface area contributed by atoms with Gasteiger partial charge in [-0.05, 0) is 66.3 Å². The number of hydrogen-bond acceptors (Lipinski definition) is 5. The number of carboxylic acids is 1. The molecule has 1 aliphatic carbocycles. The highest BCUT2D eigenvalue weighted by molar-refractivity contribution is 7.93. The average molecular weight is 664 g/mol. The van der Waals surface area contributed by atoms with Crippen molar-refractivity contribution in [3.63, 3.8) is 0 Å². The van der Waals surface area contributed by atoms with Crippen molar-refractivity contribution < 1.29 is 32.2 Å². The number of amides is 1. The van der Waals surface area contributed by atoms with Gasteiger partial charge in [0, 0.05) is 10.0 Å². The molecule has 234 valence electrons. The maximum Gasteiger partial charge on any atom is 0.306 e. The van der Waals surface area contributed by atoms with Crippen molar-refractivity contribution >= 4 is 50.8 Å². The second kappa shape index (κ2) is 13.0. The Morgan fingerprint density at radius 2 is 1.70 bits per heavy atom. The fourth-order valence-electron chi connectivity index (χ4n) is 5.69. The number of benzene rings is 3. The van der Waals surface area contributed by atoms with Gasteiger partial charge < -0.3 is 14.7 Å². The zero-order valence-electron chi connectivity index (χ0n) is 24.1. The van der Waals surface area contributed by atoms with Crippen LogP contribution in [0.2, 0.25) is 10.0 Å². The first-order chi connectivity index (χ1) is 20.9. The molecule has 0 bridgehead atoms. The molecule has 1 saturated carbocycles. The van der Waals surface area contributed by atoms with Crippen LogP contribution in [0.4, 0.5) is 10.1 Å². The van der Waals surface area contributed by atoms with Gasteiger partial charge in [0.05, 0.1) is 36.0 Å². The summed E-state index contributed by atoms with van der Waals surface area (Å²) in [7, 11) is -3.98. The highest BCUT2D eigenvalue weighted by Crippen LogP contribution is 2.46. The van der Waals surface area contributed by atoms with Crippen LogP contribution in [0.5, 0.6) is 0 Å². The molecule has 1 saturated heterocycles. The number of carbonyl (C=O) groups excluding carboxylic acids is 1. The maximum absolute atomic E-state index is 15.2. The summed E-state index contributed by atoms with van der Waals surface area (Å²) in [5, 5.41) is 9.95. The Labute approximate surface area is 266 Å². The molecular weight excluding hydrogens is 630 g/mol. The Kier molecular flexibility index (Phi) is 9.55. The predicted octanol–water partition coefficient (Wildman–Crippen LogP) is 6.64. The highest BCUT2D eigenvalue weighted by Gasteiger charge is 2.50. The number of nitrogens with zero attached hydrogens (tertiary/aromatic N) is 2. The third kappa shape index (κ3) is 6.73. The van der Waals surface area contributed by atoms with Crippen LogP contribution in [0.15, 0.2) is 72.8 Å². The lowest BCUT2D eigenvalue weighted by molar-refractivity contribution is -0.184. The van der Waals surface area contributed by atoms with E-state index in [9.17, 15) is 23.1 Å². The maximum atomic E-state index is 15.2. The van der Waals surface area contributed by atoms with E-state index in [-0.39, 0.29) is 18.2 Å². The van der Waals surface area contributed by atoms with Crippen molar-refractivity contribution in [1.82, 2.24) is 4.90 Å². The normalized spacial score (nSPS) is 21.4. The summed E-state index contributed by atoms with van der Waals surface area (Å²) in [6.07, 6.45) is -1.94. The molecule has 1 heterocycles. The van der Waals surface area contributed by atoms with Crippen LogP contribution in [0, 0.1) is 11.7 Å². The van der Waals surface area contributed by atoms with Crippen molar-refractivity contribution in [2.24, 2.45) is 5.92 Å². The van der Waals surface area contributed by atoms with Gasteiger partial charge in [-0.25, -0.2) is 12.8 Å². The largest absolute Gasteiger partial charge is 0.481 e. The lowest BCUT2D eigenvalue weighted by Gasteiger charge is -2.50. The van der Waals surface area contributed by atoms with Crippen molar-refractivity contribution in [1.29, 1.82) is 0 Å². The van der Waals surface area contributed by atoms with Gasteiger partial charge in [0.2, 0.25) is 10.0 Å². The summed E-state index contributed by atoms with van der Waals surface area (Å²) in [5.41, 5.74) is 1.13. The fraction of sp³-hybridized carbons (Fsp3) is 0.375. The SMILES string of the molecule is CC(C)[C@@H](CN(c1ccccc1F)S(=O)(=O)C1CC1)N1C(=O)[C@@H](CC(=O)O)O[C@H](c2cccc(Cl)c2)[C@H]1c1ccc(Cl)cc1. The lowest BCUT2D eigenvalue weighted by Crippen LogP contribution is -2.59. The van der Waals surface area contributed by atoms with Gasteiger partial charge in [0.15, 0.2) is 0 Å². The third-order valence-corrected chi connectivity index (χ3v) is 10.8. The van der Waals surface area contributed by atoms with E-state index in [1.54, 1.807) is 54.6 Å². The quantitative estimate of drug-likeness (QED) is 0.247. The zero-order valence-corrected chi connectivity index (χ0v) is 26.5. The minimum Gasteiger partial charge on any atom is -0.481 e. The summed E-state index contributed by atoms with van der Waals surface area (Å²) in [5.74, 6) is -2.89. The van der Waals surface area contributed by atoms with Crippen LogP contribution >= 0.6 is 23.2 Å². The van der Waals surface area contributed by atoms with E-state index in [0.29, 0.717) is 34.0 Å². The molecule has 8 nitrogen and oxygen atoms in total. The number of para-hydroxylation sites is 1. The monoisotopic (exact) mass is 662 g/mol. The molecule has 3 aromatic rings. The Morgan fingerprint density at radius 3 is 2.30 bits per heavy atom. The fourth-order valence-corrected chi connectivity index (χ4v) is 7.89. The van der Waals surface area contributed by atoms with E-state index in [1.807, 2.05) is 13.8 Å². The molecule has 4 atom stereocenters. The zero-order chi connectivity index (χ0) is 31.8. The predicted molar refractivity (Wildman–Crippen MR) is 167 cm³/mol. The van der Waals surface area contributed by atoms with Gasteiger partial charge in [-0.2, -0.15) is 0 Å². The van der Waals surface area contributed by atoms with Gasteiger partial charge >= 0.3 is 5.97 Å². The Hall–Kier alpha value is -3.18. The van der Waals surface area contributed by atoms with Crippen molar-refractivity contribution in [2.45, 2.75) is 62.7 Å². The molecule has 44 heavy (non-hydrogen) atoms. The molecule has 1 N–H and O–H groups in total. The van der Waals surface area contributed by atoms with E-state index in [4.69, 9.17) is 27.9 Å². The van der Waals surface area contributed by atoms with Crippen molar-refractivity contribution in [3.05, 3.63) is 99.8 Å². The molecule has 0 aromatic heterocycles. The molecule has 2 aliphatic rings. The first-order valence-electron chi connectivity index (χ1n) is 14.3. The van der Waals surface area contributed by atoms with Crippen LogP contribution < -0.4 is 4.31 Å². The number of rotatable bonds is 11. The molecule has 0 unspecified atom stereocenters. The molecule has 5 rings (SSSR count). The van der Waals surface area contributed by atoms with E-state index in [1.165, 1.54) is 23.1 Å². The number of halogens is 3. The Balaban J connectivity index is 1.69. The molecule has 3 aromatic carbocycles. The van der Waals surface area contributed by atoms with E-state index < -0.39 is 63.7 Å². The van der Waals surface area contributed by atoms with E-state index in [2.05, 4.69) is 0 Å². The number of anilines is 1. The number of aliphatic carboxylic acids is 1. The van der Waals surface area contributed by atoms with Gasteiger partial charge in [-0.1, -0.05) is 73.4 Å². The van der Waals surface area contributed by atoms with Gasteiger partial charge in [-0.3, -0.25) is 13.9 Å². The molecule has 12 heteroatoms. The summed E-state index contributed by atoms with van der Waals surface area (Å²) < 4.78 is 50.2. The molecular formula is C32H33Cl2FN2O6S. The number of carboxylic acid groups (broad SMARTS) is 1. The summed E-state index contributed by atoms with van der Waals surface area (Å²) in [6.45, 7) is 3.43. The van der Waals surface area contributed by atoms with Crippen LogP contribution in [-0.2, 0) is 24.3 Å². The highest BCUT2D eigenvalue weighted by atomic mass is 35.5.